The fourth-order valence-corrected chi connectivity index (χ4v) is 3.89. The van der Waals surface area contributed by atoms with Crippen LogP contribution in [0.3, 0.4) is 0 Å². The molecule has 2 atom stereocenters. The molecule has 2 aliphatic heterocycles. The van der Waals surface area contributed by atoms with E-state index in [1.54, 1.807) is 0 Å². The van der Waals surface area contributed by atoms with Gasteiger partial charge in [0.2, 0.25) is 0 Å². The Morgan fingerprint density at radius 3 is 2.83 bits per heavy atom. The Hall–Kier alpha value is -0.610. The lowest BCUT2D eigenvalue weighted by Crippen LogP contribution is -2.44. The molecule has 0 spiro atoms. The second-order valence-corrected chi connectivity index (χ2v) is 7.61. The number of halogens is 1. The maximum absolute atomic E-state index is 6.09. The van der Waals surface area contributed by atoms with Gasteiger partial charge in [-0.2, -0.15) is 0 Å². The third kappa shape index (κ3) is 5.18. The summed E-state index contributed by atoms with van der Waals surface area (Å²) in [5.41, 5.74) is 1.32. The molecule has 3 rings (SSSR count). The van der Waals surface area contributed by atoms with E-state index in [1.165, 1.54) is 44.5 Å². The van der Waals surface area contributed by atoms with Crippen molar-refractivity contribution in [2.24, 2.45) is 5.92 Å². The van der Waals surface area contributed by atoms with Crippen LogP contribution in [-0.4, -0.2) is 50.3 Å². The number of ether oxygens (including phenoxy) is 1. The van der Waals surface area contributed by atoms with Gasteiger partial charge in [-0.1, -0.05) is 30.7 Å². The van der Waals surface area contributed by atoms with Crippen molar-refractivity contribution in [1.29, 1.82) is 0 Å². The average molecular weight is 337 g/mol. The zero-order valence-corrected chi connectivity index (χ0v) is 14.9. The molecule has 2 heterocycles. The van der Waals surface area contributed by atoms with Gasteiger partial charge in [-0.25, -0.2) is 0 Å². The minimum atomic E-state index is 0.502. The summed E-state index contributed by atoms with van der Waals surface area (Å²) in [6, 6.07) is 8.90. The zero-order chi connectivity index (χ0) is 16.1. The number of nitrogens with one attached hydrogen (secondary N) is 1. The fraction of sp³-hybridized carbons (Fsp3) is 0.684. The van der Waals surface area contributed by atoms with Gasteiger partial charge in [-0.05, 0) is 61.9 Å². The van der Waals surface area contributed by atoms with E-state index in [9.17, 15) is 0 Å². The number of piperidine rings is 1. The number of nitrogens with zero attached hydrogens (tertiary/aromatic N) is 1. The van der Waals surface area contributed by atoms with Crippen molar-refractivity contribution in [2.45, 2.75) is 38.1 Å². The van der Waals surface area contributed by atoms with E-state index in [4.69, 9.17) is 16.3 Å². The van der Waals surface area contributed by atoms with E-state index in [-0.39, 0.29) is 0 Å². The highest BCUT2D eigenvalue weighted by atomic mass is 35.5. The molecular formula is C19H29ClN2O. The van der Waals surface area contributed by atoms with Gasteiger partial charge in [0.15, 0.2) is 0 Å². The summed E-state index contributed by atoms with van der Waals surface area (Å²) < 4.78 is 5.49. The van der Waals surface area contributed by atoms with Gasteiger partial charge in [-0.3, -0.25) is 0 Å². The molecule has 2 saturated heterocycles. The monoisotopic (exact) mass is 336 g/mol. The molecule has 2 fully saturated rings. The zero-order valence-electron chi connectivity index (χ0n) is 14.1. The maximum Gasteiger partial charge on any atom is 0.0507 e. The van der Waals surface area contributed by atoms with Crippen LogP contribution in [0.2, 0.25) is 5.02 Å². The number of likely N-dealkylation sites (tertiary alicyclic amines) is 1. The first kappa shape index (κ1) is 17.2. The molecular weight excluding hydrogens is 308 g/mol. The molecule has 1 N–H and O–H groups in total. The summed E-state index contributed by atoms with van der Waals surface area (Å²) >= 11 is 6.09. The van der Waals surface area contributed by atoms with E-state index in [2.05, 4.69) is 29.3 Å². The molecule has 3 nitrogen and oxygen atoms in total. The third-order valence-corrected chi connectivity index (χ3v) is 5.49. The summed E-state index contributed by atoms with van der Waals surface area (Å²) in [6.45, 7) is 8.90. The van der Waals surface area contributed by atoms with Gasteiger partial charge < -0.3 is 15.0 Å². The van der Waals surface area contributed by atoms with Crippen LogP contribution in [0, 0.1) is 5.92 Å². The smallest absolute Gasteiger partial charge is 0.0507 e. The Labute approximate surface area is 145 Å². The van der Waals surface area contributed by atoms with Crippen molar-refractivity contribution in [3.05, 3.63) is 34.9 Å². The van der Waals surface area contributed by atoms with Crippen LogP contribution in [0.1, 0.15) is 37.7 Å². The Balaban J connectivity index is 1.37. The lowest BCUT2D eigenvalue weighted by molar-refractivity contribution is 0.147. The average Bonchev–Trinajstić information content (AvgIpc) is 3.07. The van der Waals surface area contributed by atoms with Crippen molar-refractivity contribution in [3.63, 3.8) is 0 Å². The van der Waals surface area contributed by atoms with Gasteiger partial charge in [0.1, 0.15) is 0 Å². The Morgan fingerprint density at radius 1 is 1.30 bits per heavy atom. The molecule has 23 heavy (non-hydrogen) atoms. The van der Waals surface area contributed by atoms with Crippen LogP contribution >= 0.6 is 11.6 Å². The van der Waals surface area contributed by atoms with Gasteiger partial charge >= 0.3 is 0 Å². The van der Waals surface area contributed by atoms with Crippen LogP contribution < -0.4 is 5.32 Å². The molecule has 1 aromatic rings. The van der Waals surface area contributed by atoms with E-state index in [0.29, 0.717) is 12.0 Å². The fourth-order valence-electron chi connectivity index (χ4n) is 3.69. The molecule has 4 heteroatoms. The molecule has 0 saturated carbocycles. The van der Waals surface area contributed by atoms with E-state index < -0.39 is 0 Å². The quantitative estimate of drug-likeness (QED) is 0.860. The van der Waals surface area contributed by atoms with Gasteiger partial charge in [0, 0.05) is 30.8 Å². The first-order valence-corrected chi connectivity index (χ1v) is 9.37. The van der Waals surface area contributed by atoms with E-state index >= 15 is 0 Å². The molecule has 1 aromatic carbocycles. The normalized spacial score (nSPS) is 24.9. The van der Waals surface area contributed by atoms with E-state index in [0.717, 1.165) is 30.7 Å². The van der Waals surface area contributed by atoms with E-state index in [1.807, 2.05) is 12.1 Å². The summed E-state index contributed by atoms with van der Waals surface area (Å²) in [6.07, 6.45) is 3.76. The van der Waals surface area contributed by atoms with Crippen molar-refractivity contribution in [2.75, 3.05) is 39.4 Å². The van der Waals surface area contributed by atoms with Crippen LogP contribution in [0.15, 0.2) is 24.3 Å². The summed E-state index contributed by atoms with van der Waals surface area (Å²) in [5, 5.41) is 4.59. The number of rotatable bonds is 6. The summed E-state index contributed by atoms with van der Waals surface area (Å²) in [7, 11) is 0. The predicted octanol–water partition coefficient (Wildman–Crippen LogP) is 3.53. The molecule has 0 radical (unpaired) electrons. The minimum absolute atomic E-state index is 0.502. The molecule has 0 bridgehead atoms. The van der Waals surface area contributed by atoms with Crippen molar-refractivity contribution in [1.82, 2.24) is 10.2 Å². The second kappa shape index (κ2) is 8.48. The minimum Gasteiger partial charge on any atom is -0.381 e. The number of hydrogen-bond acceptors (Lipinski definition) is 3. The van der Waals surface area contributed by atoms with Gasteiger partial charge in [0.25, 0.3) is 0 Å². The first-order chi connectivity index (χ1) is 11.2. The first-order valence-electron chi connectivity index (χ1n) is 8.99. The number of hydrogen-bond donors (Lipinski definition) is 1. The highest BCUT2D eigenvalue weighted by Gasteiger charge is 2.23. The summed E-state index contributed by atoms with van der Waals surface area (Å²) in [4.78, 5) is 2.62. The number of benzene rings is 1. The lowest BCUT2D eigenvalue weighted by Gasteiger charge is -2.34. The highest BCUT2D eigenvalue weighted by molar-refractivity contribution is 6.30. The molecule has 128 valence electrons. The molecule has 2 aliphatic rings. The molecule has 0 aliphatic carbocycles. The summed E-state index contributed by atoms with van der Waals surface area (Å²) in [5.74, 6) is 1.27. The lowest BCUT2D eigenvalue weighted by atomic mass is 9.98. The predicted molar refractivity (Wildman–Crippen MR) is 96.3 cm³/mol. The van der Waals surface area contributed by atoms with Crippen LogP contribution in [0.5, 0.6) is 0 Å². The molecule has 0 unspecified atom stereocenters. The maximum atomic E-state index is 6.09. The largest absolute Gasteiger partial charge is 0.381 e. The van der Waals surface area contributed by atoms with Crippen LogP contribution in [0.25, 0.3) is 0 Å². The van der Waals surface area contributed by atoms with Crippen LogP contribution in [0.4, 0.5) is 0 Å². The van der Waals surface area contributed by atoms with Crippen LogP contribution in [-0.2, 0) is 4.74 Å². The van der Waals surface area contributed by atoms with Gasteiger partial charge in [-0.15, -0.1) is 0 Å². The highest BCUT2D eigenvalue weighted by Crippen LogP contribution is 2.20. The Morgan fingerprint density at radius 2 is 2.13 bits per heavy atom. The Kier molecular flexibility index (Phi) is 6.35. The Bertz CT molecular complexity index is 482. The molecule has 0 aromatic heterocycles. The standard InChI is InChI=1S/C19H29ClN2O/c1-15(17-3-2-4-18(20)11-17)12-21-19-5-8-22(9-6-19)13-16-7-10-23-14-16/h2-4,11,15-16,19,21H,5-10,12-14H2,1H3/t15-,16-/m1/s1. The SMILES string of the molecule is C[C@H](CNC1CCN(C[C@H]2CCOC2)CC1)c1cccc(Cl)c1. The van der Waals surface area contributed by atoms with Crippen molar-refractivity contribution < 1.29 is 4.74 Å². The van der Waals surface area contributed by atoms with Gasteiger partial charge in [0.05, 0.1) is 6.61 Å². The van der Waals surface area contributed by atoms with Crippen molar-refractivity contribution >= 4 is 11.6 Å². The topological polar surface area (TPSA) is 24.5 Å². The second-order valence-electron chi connectivity index (χ2n) is 7.17. The third-order valence-electron chi connectivity index (χ3n) is 5.26. The molecule has 0 amide bonds. The van der Waals surface area contributed by atoms with Crippen molar-refractivity contribution in [3.8, 4) is 0 Å².